The Morgan fingerprint density at radius 3 is 2.50 bits per heavy atom. The monoisotopic (exact) mass is 359 g/mol. The second-order valence-electron chi connectivity index (χ2n) is 2.89. The van der Waals surface area contributed by atoms with Crippen molar-refractivity contribution in [2.75, 3.05) is 5.32 Å². The molecular weight excluding hydrogens is 355 g/mol. The lowest BCUT2D eigenvalue weighted by atomic mass is 10.2. The number of nitrogens with one attached hydrogen (secondary N) is 1. The molecule has 1 aromatic rings. The van der Waals surface area contributed by atoms with Crippen LogP contribution >= 0.6 is 31.9 Å². The topological polar surface area (TPSA) is 29.1 Å². The van der Waals surface area contributed by atoms with E-state index in [1.807, 2.05) is 5.32 Å². The van der Waals surface area contributed by atoms with Crippen LogP contribution in [0.4, 0.5) is 18.9 Å². The van der Waals surface area contributed by atoms with E-state index in [1.165, 1.54) is 6.07 Å². The minimum atomic E-state index is -4.88. The first kappa shape index (κ1) is 13.5. The summed E-state index contributed by atoms with van der Waals surface area (Å²) >= 11 is 6.24. The number of carbonyl (C=O) groups excluding carboxylic acids is 1. The Balaban J connectivity index is 2.96. The van der Waals surface area contributed by atoms with Crippen LogP contribution in [0.3, 0.4) is 0 Å². The van der Waals surface area contributed by atoms with Crippen molar-refractivity contribution >= 4 is 43.5 Å². The molecule has 1 N–H and O–H groups in total. The van der Waals surface area contributed by atoms with Gasteiger partial charge in [0.1, 0.15) is 0 Å². The van der Waals surface area contributed by atoms with Crippen LogP contribution in [0.15, 0.2) is 22.7 Å². The number of halogens is 5. The molecule has 88 valence electrons. The molecule has 0 unspecified atom stereocenters. The van der Waals surface area contributed by atoms with E-state index in [2.05, 4.69) is 31.9 Å². The number of hydrogen-bond acceptors (Lipinski definition) is 1. The van der Waals surface area contributed by atoms with E-state index in [4.69, 9.17) is 0 Å². The van der Waals surface area contributed by atoms with E-state index in [-0.39, 0.29) is 5.69 Å². The third kappa shape index (κ3) is 3.48. The smallest absolute Gasteiger partial charge is 0.318 e. The molecule has 0 aromatic heterocycles. The molecule has 0 aliphatic carbocycles. The van der Waals surface area contributed by atoms with Crippen LogP contribution in [0.1, 0.15) is 5.56 Å². The maximum Gasteiger partial charge on any atom is 0.471 e. The molecule has 0 spiro atoms. The van der Waals surface area contributed by atoms with Crippen molar-refractivity contribution in [2.45, 2.75) is 11.5 Å². The highest BCUT2D eigenvalue weighted by Crippen LogP contribution is 2.25. The van der Waals surface area contributed by atoms with Gasteiger partial charge in [-0.3, -0.25) is 4.79 Å². The average molecular weight is 361 g/mol. The van der Waals surface area contributed by atoms with Crippen LogP contribution in [0.25, 0.3) is 0 Å². The van der Waals surface area contributed by atoms with Crippen LogP contribution in [0, 0.1) is 0 Å². The summed E-state index contributed by atoms with van der Waals surface area (Å²) in [6.45, 7) is 0. The summed E-state index contributed by atoms with van der Waals surface area (Å²) in [5.41, 5.74) is 0.703. The molecule has 0 atom stereocenters. The minimum Gasteiger partial charge on any atom is -0.318 e. The van der Waals surface area contributed by atoms with Crippen molar-refractivity contribution in [2.24, 2.45) is 0 Å². The summed E-state index contributed by atoms with van der Waals surface area (Å²) in [4.78, 5) is 10.7. The highest BCUT2D eigenvalue weighted by Gasteiger charge is 2.38. The van der Waals surface area contributed by atoms with Gasteiger partial charge in [-0.1, -0.05) is 37.9 Å². The van der Waals surface area contributed by atoms with Crippen molar-refractivity contribution in [3.8, 4) is 0 Å². The van der Waals surface area contributed by atoms with Gasteiger partial charge in [0.15, 0.2) is 0 Å². The molecule has 1 rings (SSSR count). The van der Waals surface area contributed by atoms with Gasteiger partial charge >= 0.3 is 12.1 Å². The first-order valence-electron chi connectivity index (χ1n) is 4.07. The number of alkyl halides is 4. The summed E-state index contributed by atoms with van der Waals surface area (Å²) in [7, 11) is 0. The zero-order chi connectivity index (χ0) is 12.3. The van der Waals surface area contributed by atoms with Crippen LogP contribution < -0.4 is 5.32 Å². The number of hydrogen-bond donors (Lipinski definition) is 1. The summed E-state index contributed by atoms with van der Waals surface area (Å²) < 4.78 is 36.7. The van der Waals surface area contributed by atoms with Crippen LogP contribution in [-0.4, -0.2) is 12.1 Å². The van der Waals surface area contributed by atoms with Crippen molar-refractivity contribution in [1.82, 2.24) is 0 Å². The summed E-state index contributed by atoms with van der Waals surface area (Å²) in [6.07, 6.45) is -4.88. The molecular formula is C9H6Br2F3NO. The van der Waals surface area contributed by atoms with Crippen molar-refractivity contribution in [1.29, 1.82) is 0 Å². The lowest BCUT2D eigenvalue weighted by Crippen LogP contribution is -2.30. The van der Waals surface area contributed by atoms with E-state index in [1.54, 1.807) is 12.1 Å². The number of amides is 1. The minimum absolute atomic E-state index is 0.133. The third-order valence-electron chi connectivity index (χ3n) is 1.72. The van der Waals surface area contributed by atoms with Crippen LogP contribution in [0.2, 0.25) is 0 Å². The second-order valence-corrected chi connectivity index (χ2v) is 4.36. The molecule has 7 heteroatoms. The average Bonchev–Trinajstić information content (AvgIpc) is 2.16. The molecule has 0 aliphatic rings. The Morgan fingerprint density at radius 1 is 1.38 bits per heavy atom. The van der Waals surface area contributed by atoms with Gasteiger partial charge in [-0.15, -0.1) is 0 Å². The van der Waals surface area contributed by atoms with E-state index < -0.39 is 12.1 Å². The SMILES string of the molecule is O=C(Nc1cc(Br)ccc1CBr)C(F)(F)F. The zero-order valence-electron chi connectivity index (χ0n) is 7.74. The number of carbonyl (C=O) groups is 1. The fourth-order valence-corrected chi connectivity index (χ4v) is 1.82. The van der Waals surface area contributed by atoms with Gasteiger partial charge in [0.25, 0.3) is 0 Å². The molecule has 0 saturated heterocycles. The Kier molecular flexibility index (Phi) is 4.37. The Labute approximate surface area is 106 Å². The van der Waals surface area contributed by atoms with Gasteiger partial charge in [0.05, 0.1) is 0 Å². The molecule has 0 aliphatic heterocycles. The lowest BCUT2D eigenvalue weighted by Gasteiger charge is -2.11. The Bertz CT molecular complexity index is 406. The molecule has 0 radical (unpaired) electrons. The maximum atomic E-state index is 12.0. The Morgan fingerprint density at radius 2 is 2.00 bits per heavy atom. The maximum absolute atomic E-state index is 12.0. The first-order chi connectivity index (χ1) is 7.34. The van der Waals surface area contributed by atoms with Gasteiger partial charge in [0.2, 0.25) is 0 Å². The van der Waals surface area contributed by atoms with Gasteiger partial charge in [-0.25, -0.2) is 0 Å². The van der Waals surface area contributed by atoms with Gasteiger partial charge in [-0.2, -0.15) is 13.2 Å². The fraction of sp³-hybridized carbons (Fsp3) is 0.222. The van der Waals surface area contributed by atoms with Crippen LogP contribution in [-0.2, 0) is 10.1 Å². The van der Waals surface area contributed by atoms with E-state index >= 15 is 0 Å². The highest BCUT2D eigenvalue weighted by molar-refractivity contribution is 9.10. The second kappa shape index (κ2) is 5.18. The third-order valence-corrected chi connectivity index (χ3v) is 2.82. The molecule has 0 fully saturated rings. The zero-order valence-corrected chi connectivity index (χ0v) is 10.9. The number of benzene rings is 1. The quantitative estimate of drug-likeness (QED) is 0.797. The van der Waals surface area contributed by atoms with Gasteiger partial charge < -0.3 is 5.32 Å². The predicted octanol–water partition coefficient (Wildman–Crippen LogP) is 3.84. The summed E-state index contributed by atoms with van der Waals surface area (Å²) in [6, 6.07) is 4.71. The molecule has 0 bridgehead atoms. The van der Waals surface area contributed by atoms with Crippen molar-refractivity contribution in [3.05, 3.63) is 28.2 Å². The molecule has 0 heterocycles. The number of rotatable bonds is 2. The first-order valence-corrected chi connectivity index (χ1v) is 5.98. The highest BCUT2D eigenvalue weighted by atomic mass is 79.9. The van der Waals surface area contributed by atoms with Gasteiger partial charge in [-0.05, 0) is 17.7 Å². The fourth-order valence-electron chi connectivity index (χ4n) is 0.975. The predicted molar refractivity (Wildman–Crippen MR) is 61.5 cm³/mol. The van der Waals surface area contributed by atoms with Gasteiger partial charge in [0, 0.05) is 15.5 Å². The summed E-state index contributed by atoms with van der Waals surface area (Å²) in [5.74, 6) is -1.98. The standard InChI is InChI=1S/C9H6Br2F3NO/c10-4-5-1-2-6(11)3-7(5)15-8(16)9(12,13)14/h1-3H,4H2,(H,15,16). The summed E-state index contributed by atoms with van der Waals surface area (Å²) in [5, 5.41) is 2.17. The Hall–Kier alpha value is -0.560. The molecule has 1 aromatic carbocycles. The van der Waals surface area contributed by atoms with E-state index in [9.17, 15) is 18.0 Å². The number of anilines is 1. The lowest BCUT2D eigenvalue weighted by molar-refractivity contribution is -0.167. The largest absolute Gasteiger partial charge is 0.471 e. The molecule has 2 nitrogen and oxygen atoms in total. The van der Waals surface area contributed by atoms with Crippen molar-refractivity contribution < 1.29 is 18.0 Å². The van der Waals surface area contributed by atoms with Crippen molar-refractivity contribution in [3.63, 3.8) is 0 Å². The van der Waals surface area contributed by atoms with E-state index in [0.717, 1.165) is 0 Å². The van der Waals surface area contributed by atoms with Crippen LogP contribution in [0.5, 0.6) is 0 Å². The molecule has 0 saturated carbocycles. The molecule has 16 heavy (non-hydrogen) atoms. The van der Waals surface area contributed by atoms with E-state index in [0.29, 0.717) is 15.4 Å². The molecule has 1 amide bonds. The normalized spacial score (nSPS) is 11.3.